The molecule has 0 atom stereocenters. The SMILES string of the molecule is CCOc1cc(/C=N/Nc2nnc(C(C)(C)C)c(=O)[nH]2)cc(Cl)c1OCC. The van der Waals surface area contributed by atoms with E-state index in [0.717, 1.165) is 0 Å². The summed E-state index contributed by atoms with van der Waals surface area (Å²) in [5.74, 6) is 1.18. The van der Waals surface area contributed by atoms with E-state index in [9.17, 15) is 4.79 Å². The number of hydrogen-bond donors (Lipinski definition) is 2. The highest BCUT2D eigenvalue weighted by molar-refractivity contribution is 6.32. The number of halogens is 1. The molecule has 0 aliphatic rings. The van der Waals surface area contributed by atoms with Crippen LogP contribution in [0, 0.1) is 0 Å². The van der Waals surface area contributed by atoms with Gasteiger partial charge in [-0.3, -0.25) is 9.78 Å². The van der Waals surface area contributed by atoms with Crippen molar-refractivity contribution < 1.29 is 9.47 Å². The van der Waals surface area contributed by atoms with Crippen molar-refractivity contribution in [3.05, 3.63) is 38.8 Å². The minimum Gasteiger partial charge on any atom is -0.490 e. The summed E-state index contributed by atoms with van der Waals surface area (Å²) in [7, 11) is 0. The third kappa shape index (κ3) is 5.43. The van der Waals surface area contributed by atoms with Gasteiger partial charge in [0.15, 0.2) is 11.5 Å². The van der Waals surface area contributed by atoms with Crippen molar-refractivity contribution in [2.45, 2.75) is 40.0 Å². The molecule has 1 aromatic heterocycles. The number of nitrogens with one attached hydrogen (secondary N) is 2. The molecule has 0 amide bonds. The second-order valence-corrected chi connectivity index (χ2v) is 7.07. The largest absolute Gasteiger partial charge is 0.490 e. The summed E-state index contributed by atoms with van der Waals surface area (Å²) in [6, 6.07) is 3.47. The van der Waals surface area contributed by atoms with E-state index >= 15 is 0 Å². The Labute approximate surface area is 163 Å². The highest BCUT2D eigenvalue weighted by atomic mass is 35.5. The Morgan fingerprint density at radius 2 is 1.93 bits per heavy atom. The van der Waals surface area contributed by atoms with Crippen LogP contribution in [0.1, 0.15) is 45.9 Å². The van der Waals surface area contributed by atoms with Crippen molar-refractivity contribution in [1.29, 1.82) is 0 Å². The summed E-state index contributed by atoms with van der Waals surface area (Å²) >= 11 is 6.27. The number of anilines is 1. The average Bonchev–Trinajstić information content (AvgIpc) is 2.57. The standard InChI is InChI=1S/C18H24ClN5O3/c1-6-26-13-9-11(8-12(19)14(13)27-7-2)10-20-23-17-21-16(25)15(22-24-17)18(3,4)5/h8-10H,6-7H2,1-5H3,(H2,21,23,24,25)/b20-10+. The van der Waals surface area contributed by atoms with E-state index in [-0.39, 0.29) is 11.5 Å². The number of aromatic nitrogens is 3. The van der Waals surface area contributed by atoms with Crippen LogP contribution in [0.25, 0.3) is 0 Å². The highest BCUT2D eigenvalue weighted by Gasteiger charge is 2.20. The van der Waals surface area contributed by atoms with Crippen molar-refractivity contribution in [3.8, 4) is 11.5 Å². The Morgan fingerprint density at radius 3 is 2.52 bits per heavy atom. The fourth-order valence-corrected chi connectivity index (χ4v) is 2.53. The molecule has 27 heavy (non-hydrogen) atoms. The number of rotatable bonds is 7. The molecule has 1 heterocycles. The summed E-state index contributed by atoms with van der Waals surface area (Å²) in [6.07, 6.45) is 1.53. The maximum Gasteiger partial charge on any atom is 0.274 e. The van der Waals surface area contributed by atoms with Crippen molar-refractivity contribution in [1.82, 2.24) is 15.2 Å². The fraction of sp³-hybridized carbons (Fsp3) is 0.444. The molecular weight excluding hydrogens is 370 g/mol. The number of hydrazone groups is 1. The minimum atomic E-state index is -0.392. The predicted octanol–water partition coefficient (Wildman–Crippen LogP) is 3.36. The molecule has 0 saturated carbocycles. The molecular formula is C18H24ClN5O3. The van der Waals surface area contributed by atoms with Crippen LogP contribution in [0.2, 0.25) is 5.02 Å². The first-order valence-electron chi connectivity index (χ1n) is 8.62. The van der Waals surface area contributed by atoms with Gasteiger partial charge in [0.25, 0.3) is 5.56 Å². The normalized spacial score (nSPS) is 11.6. The van der Waals surface area contributed by atoms with Gasteiger partial charge in [0.2, 0.25) is 5.95 Å². The zero-order valence-electron chi connectivity index (χ0n) is 16.1. The predicted molar refractivity (Wildman–Crippen MR) is 106 cm³/mol. The van der Waals surface area contributed by atoms with Crippen molar-refractivity contribution in [2.75, 3.05) is 18.6 Å². The number of nitrogens with zero attached hydrogens (tertiary/aromatic N) is 3. The molecule has 0 radical (unpaired) electrons. The fourth-order valence-electron chi connectivity index (χ4n) is 2.26. The lowest BCUT2D eigenvalue weighted by molar-refractivity contribution is 0.288. The zero-order valence-corrected chi connectivity index (χ0v) is 16.8. The number of benzene rings is 1. The number of ether oxygens (including phenoxy) is 2. The minimum absolute atomic E-state index is 0.145. The zero-order chi connectivity index (χ0) is 20.0. The van der Waals surface area contributed by atoms with Crippen LogP contribution in [0.3, 0.4) is 0 Å². The number of aromatic amines is 1. The molecule has 2 aromatic rings. The van der Waals surface area contributed by atoms with E-state index < -0.39 is 5.41 Å². The highest BCUT2D eigenvalue weighted by Crippen LogP contribution is 2.36. The molecule has 1 aromatic carbocycles. The van der Waals surface area contributed by atoms with Gasteiger partial charge in [0.1, 0.15) is 5.69 Å². The van der Waals surface area contributed by atoms with Gasteiger partial charge in [-0.2, -0.15) is 5.10 Å². The quantitative estimate of drug-likeness (QED) is 0.552. The lowest BCUT2D eigenvalue weighted by Crippen LogP contribution is -2.28. The van der Waals surface area contributed by atoms with Crippen LogP contribution in [-0.2, 0) is 5.41 Å². The maximum atomic E-state index is 12.1. The van der Waals surface area contributed by atoms with Gasteiger partial charge in [-0.05, 0) is 31.5 Å². The van der Waals surface area contributed by atoms with Gasteiger partial charge >= 0.3 is 0 Å². The Hall–Kier alpha value is -2.61. The van der Waals surface area contributed by atoms with Crippen molar-refractivity contribution in [2.24, 2.45) is 5.10 Å². The molecule has 0 unspecified atom stereocenters. The van der Waals surface area contributed by atoms with E-state index in [1.54, 1.807) is 12.1 Å². The van der Waals surface area contributed by atoms with Gasteiger partial charge in [0.05, 0.1) is 24.5 Å². The van der Waals surface area contributed by atoms with Crippen molar-refractivity contribution >= 4 is 23.8 Å². The molecule has 146 valence electrons. The van der Waals surface area contributed by atoms with E-state index in [2.05, 4.69) is 25.7 Å². The van der Waals surface area contributed by atoms with Gasteiger partial charge < -0.3 is 9.47 Å². The maximum absolute atomic E-state index is 12.1. The van der Waals surface area contributed by atoms with Crippen LogP contribution in [-0.4, -0.2) is 34.6 Å². The average molecular weight is 394 g/mol. The van der Waals surface area contributed by atoms with Gasteiger partial charge in [-0.15, -0.1) is 10.2 Å². The Kier molecular flexibility index (Phi) is 6.79. The van der Waals surface area contributed by atoms with E-state index in [0.29, 0.717) is 41.0 Å². The van der Waals surface area contributed by atoms with E-state index in [1.807, 2.05) is 34.6 Å². The first-order chi connectivity index (χ1) is 12.8. The molecule has 0 bridgehead atoms. The number of H-pyrrole nitrogens is 1. The van der Waals surface area contributed by atoms with Gasteiger partial charge in [-0.25, -0.2) is 5.43 Å². The Bertz CT molecular complexity index is 874. The van der Waals surface area contributed by atoms with Gasteiger partial charge in [0, 0.05) is 5.41 Å². The Balaban J connectivity index is 2.19. The first kappa shape index (κ1) is 20.7. The lowest BCUT2D eigenvalue weighted by Gasteiger charge is -2.15. The third-order valence-electron chi connectivity index (χ3n) is 3.41. The summed E-state index contributed by atoms with van der Waals surface area (Å²) in [5, 5.41) is 12.4. The first-order valence-corrected chi connectivity index (χ1v) is 8.99. The molecule has 0 spiro atoms. The van der Waals surface area contributed by atoms with Crippen LogP contribution in [0.5, 0.6) is 11.5 Å². The smallest absolute Gasteiger partial charge is 0.274 e. The summed E-state index contributed by atoms with van der Waals surface area (Å²) in [5.41, 5.74) is 3.00. The van der Waals surface area contributed by atoms with Crippen molar-refractivity contribution in [3.63, 3.8) is 0 Å². The van der Waals surface area contributed by atoms with Crippen LogP contribution in [0.4, 0.5) is 5.95 Å². The topological polar surface area (TPSA) is 101 Å². The van der Waals surface area contributed by atoms with E-state index in [4.69, 9.17) is 21.1 Å². The number of hydrogen-bond acceptors (Lipinski definition) is 7. The molecule has 2 rings (SSSR count). The lowest BCUT2D eigenvalue weighted by atomic mass is 9.93. The monoisotopic (exact) mass is 393 g/mol. The summed E-state index contributed by atoms with van der Waals surface area (Å²) in [6.45, 7) is 10.4. The summed E-state index contributed by atoms with van der Waals surface area (Å²) in [4.78, 5) is 14.7. The second kappa shape index (κ2) is 8.85. The molecule has 2 N–H and O–H groups in total. The molecule has 0 aliphatic heterocycles. The molecule has 0 saturated heterocycles. The second-order valence-electron chi connectivity index (χ2n) is 6.67. The van der Waals surface area contributed by atoms with E-state index in [1.165, 1.54) is 6.21 Å². The molecule has 8 nitrogen and oxygen atoms in total. The molecule has 9 heteroatoms. The van der Waals surface area contributed by atoms with Crippen LogP contribution in [0.15, 0.2) is 22.0 Å². The Morgan fingerprint density at radius 1 is 1.22 bits per heavy atom. The summed E-state index contributed by atoms with van der Waals surface area (Å²) < 4.78 is 11.1. The third-order valence-corrected chi connectivity index (χ3v) is 3.69. The van der Waals surface area contributed by atoms with Gasteiger partial charge in [-0.1, -0.05) is 32.4 Å². The van der Waals surface area contributed by atoms with Crippen LogP contribution < -0.4 is 20.5 Å². The molecule has 0 aliphatic carbocycles. The molecule has 0 fully saturated rings. The van der Waals surface area contributed by atoms with Crippen LogP contribution >= 0.6 is 11.6 Å².